The third-order valence-electron chi connectivity index (χ3n) is 2.80. The SMILES string of the molecule is CCCC(O)CN(CC)c1cccc(C)c1. The van der Waals surface area contributed by atoms with E-state index < -0.39 is 0 Å². The van der Waals surface area contributed by atoms with Gasteiger partial charge in [0.2, 0.25) is 0 Å². The summed E-state index contributed by atoms with van der Waals surface area (Å²) in [6.45, 7) is 7.99. The van der Waals surface area contributed by atoms with Gasteiger partial charge in [-0.25, -0.2) is 0 Å². The first kappa shape index (κ1) is 13.0. The molecule has 0 heterocycles. The highest BCUT2D eigenvalue weighted by atomic mass is 16.3. The van der Waals surface area contributed by atoms with E-state index in [4.69, 9.17) is 0 Å². The normalized spacial score (nSPS) is 12.5. The highest BCUT2D eigenvalue weighted by molar-refractivity contribution is 5.48. The first-order valence-corrected chi connectivity index (χ1v) is 6.17. The van der Waals surface area contributed by atoms with E-state index >= 15 is 0 Å². The van der Waals surface area contributed by atoms with Crippen molar-refractivity contribution in [1.82, 2.24) is 0 Å². The standard InChI is InChI=1S/C14H23NO/c1-4-7-14(16)11-15(5-2)13-9-6-8-12(3)10-13/h6,8-10,14,16H,4-5,7,11H2,1-3H3. The number of rotatable bonds is 6. The zero-order valence-corrected chi connectivity index (χ0v) is 10.6. The summed E-state index contributed by atoms with van der Waals surface area (Å²) in [4.78, 5) is 2.23. The molecule has 0 fully saturated rings. The van der Waals surface area contributed by atoms with Crippen molar-refractivity contribution in [2.24, 2.45) is 0 Å². The molecule has 2 nitrogen and oxygen atoms in total. The van der Waals surface area contributed by atoms with Gasteiger partial charge in [0.25, 0.3) is 0 Å². The Morgan fingerprint density at radius 2 is 2.06 bits per heavy atom. The maximum atomic E-state index is 9.84. The molecule has 1 rings (SSSR count). The lowest BCUT2D eigenvalue weighted by atomic mass is 10.1. The summed E-state index contributed by atoms with van der Waals surface area (Å²) in [7, 11) is 0. The molecule has 0 aliphatic heterocycles. The fourth-order valence-corrected chi connectivity index (χ4v) is 1.92. The molecule has 2 heteroatoms. The van der Waals surface area contributed by atoms with Crippen LogP contribution in [0.3, 0.4) is 0 Å². The largest absolute Gasteiger partial charge is 0.391 e. The number of aliphatic hydroxyl groups excluding tert-OH is 1. The van der Waals surface area contributed by atoms with Gasteiger partial charge >= 0.3 is 0 Å². The summed E-state index contributed by atoms with van der Waals surface area (Å²) in [5, 5.41) is 9.84. The van der Waals surface area contributed by atoms with Crippen LogP contribution in [-0.4, -0.2) is 24.3 Å². The first-order chi connectivity index (χ1) is 7.67. The molecule has 1 atom stereocenters. The second-order valence-electron chi connectivity index (χ2n) is 4.32. The van der Waals surface area contributed by atoms with E-state index in [1.165, 1.54) is 11.3 Å². The third kappa shape index (κ3) is 3.86. The monoisotopic (exact) mass is 221 g/mol. The van der Waals surface area contributed by atoms with Crippen molar-refractivity contribution in [3.05, 3.63) is 29.8 Å². The van der Waals surface area contributed by atoms with Gasteiger partial charge in [0.05, 0.1) is 6.10 Å². The zero-order chi connectivity index (χ0) is 12.0. The number of hydrogen-bond donors (Lipinski definition) is 1. The predicted octanol–water partition coefficient (Wildman–Crippen LogP) is 2.98. The van der Waals surface area contributed by atoms with Crippen LogP contribution in [-0.2, 0) is 0 Å². The lowest BCUT2D eigenvalue weighted by Crippen LogP contribution is -2.32. The molecule has 16 heavy (non-hydrogen) atoms. The molecule has 0 aliphatic carbocycles. The Morgan fingerprint density at radius 3 is 2.62 bits per heavy atom. The van der Waals surface area contributed by atoms with Gasteiger partial charge in [-0.05, 0) is 38.0 Å². The number of aryl methyl sites for hydroxylation is 1. The molecule has 0 bridgehead atoms. The zero-order valence-electron chi connectivity index (χ0n) is 10.6. The third-order valence-corrected chi connectivity index (χ3v) is 2.80. The molecule has 1 aromatic rings. The van der Waals surface area contributed by atoms with Crippen LogP contribution in [0.15, 0.2) is 24.3 Å². The van der Waals surface area contributed by atoms with Crippen LogP contribution in [0.5, 0.6) is 0 Å². The van der Waals surface area contributed by atoms with Crippen molar-refractivity contribution >= 4 is 5.69 Å². The summed E-state index contributed by atoms with van der Waals surface area (Å²) in [5.41, 5.74) is 2.47. The fraction of sp³-hybridized carbons (Fsp3) is 0.571. The molecule has 1 unspecified atom stereocenters. The van der Waals surface area contributed by atoms with Crippen LogP contribution in [0, 0.1) is 6.92 Å². The Morgan fingerprint density at radius 1 is 1.31 bits per heavy atom. The van der Waals surface area contributed by atoms with Gasteiger partial charge in [0.1, 0.15) is 0 Å². The van der Waals surface area contributed by atoms with Crippen LogP contribution in [0.2, 0.25) is 0 Å². The lowest BCUT2D eigenvalue weighted by molar-refractivity contribution is 0.169. The van der Waals surface area contributed by atoms with Crippen LogP contribution >= 0.6 is 0 Å². The number of anilines is 1. The highest BCUT2D eigenvalue weighted by Gasteiger charge is 2.10. The Balaban J connectivity index is 2.67. The number of aliphatic hydroxyl groups is 1. The highest BCUT2D eigenvalue weighted by Crippen LogP contribution is 2.16. The van der Waals surface area contributed by atoms with Crippen molar-refractivity contribution in [2.75, 3.05) is 18.0 Å². The van der Waals surface area contributed by atoms with Crippen molar-refractivity contribution in [3.63, 3.8) is 0 Å². The minimum atomic E-state index is -0.217. The van der Waals surface area contributed by atoms with Crippen molar-refractivity contribution in [1.29, 1.82) is 0 Å². The Bertz CT molecular complexity index is 311. The molecule has 0 saturated heterocycles. The molecular formula is C14H23NO. The van der Waals surface area contributed by atoms with Gasteiger partial charge in [-0.1, -0.05) is 25.5 Å². The molecular weight excluding hydrogens is 198 g/mol. The average molecular weight is 221 g/mol. The summed E-state index contributed by atoms with van der Waals surface area (Å²) >= 11 is 0. The van der Waals surface area contributed by atoms with Gasteiger partial charge < -0.3 is 10.0 Å². The topological polar surface area (TPSA) is 23.5 Å². The lowest BCUT2D eigenvalue weighted by Gasteiger charge is -2.26. The van der Waals surface area contributed by atoms with Crippen molar-refractivity contribution in [2.45, 2.75) is 39.7 Å². The molecule has 1 aromatic carbocycles. The Labute approximate surface area is 98.9 Å². The average Bonchev–Trinajstić information content (AvgIpc) is 2.26. The van der Waals surface area contributed by atoms with Crippen LogP contribution in [0.25, 0.3) is 0 Å². The Kier molecular flexibility index (Phi) is 5.33. The first-order valence-electron chi connectivity index (χ1n) is 6.17. The number of benzene rings is 1. The molecule has 0 aliphatic rings. The molecule has 0 spiro atoms. The van der Waals surface area contributed by atoms with E-state index in [1.54, 1.807) is 0 Å². The number of likely N-dealkylation sites (N-methyl/N-ethyl adjacent to an activating group) is 1. The quantitative estimate of drug-likeness (QED) is 0.798. The molecule has 0 saturated carbocycles. The fourth-order valence-electron chi connectivity index (χ4n) is 1.92. The minimum Gasteiger partial charge on any atom is -0.391 e. The van der Waals surface area contributed by atoms with Crippen LogP contribution < -0.4 is 4.90 Å². The molecule has 0 radical (unpaired) electrons. The van der Waals surface area contributed by atoms with Gasteiger partial charge in [-0.15, -0.1) is 0 Å². The van der Waals surface area contributed by atoms with Gasteiger partial charge in [-0.3, -0.25) is 0 Å². The summed E-state index contributed by atoms with van der Waals surface area (Å²) < 4.78 is 0. The van der Waals surface area contributed by atoms with E-state index in [9.17, 15) is 5.11 Å². The van der Waals surface area contributed by atoms with Crippen LogP contribution in [0.4, 0.5) is 5.69 Å². The molecule has 90 valence electrons. The van der Waals surface area contributed by atoms with E-state index in [1.807, 2.05) is 0 Å². The summed E-state index contributed by atoms with van der Waals surface area (Å²) in [6, 6.07) is 8.44. The second-order valence-corrected chi connectivity index (χ2v) is 4.32. The predicted molar refractivity (Wildman–Crippen MR) is 70.0 cm³/mol. The number of nitrogens with zero attached hydrogens (tertiary/aromatic N) is 1. The van der Waals surface area contributed by atoms with E-state index in [0.29, 0.717) is 0 Å². The van der Waals surface area contributed by atoms with Crippen molar-refractivity contribution in [3.8, 4) is 0 Å². The van der Waals surface area contributed by atoms with Crippen LogP contribution in [0.1, 0.15) is 32.3 Å². The van der Waals surface area contributed by atoms with E-state index in [-0.39, 0.29) is 6.10 Å². The van der Waals surface area contributed by atoms with E-state index in [0.717, 1.165) is 25.9 Å². The van der Waals surface area contributed by atoms with Gasteiger partial charge in [-0.2, -0.15) is 0 Å². The Hall–Kier alpha value is -1.02. The smallest absolute Gasteiger partial charge is 0.0715 e. The maximum absolute atomic E-state index is 9.84. The minimum absolute atomic E-state index is 0.217. The van der Waals surface area contributed by atoms with Gasteiger partial charge in [0.15, 0.2) is 0 Å². The summed E-state index contributed by atoms with van der Waals surface area (Å²) in [6.07, 6.45) is 1.69. The number of hydrogen-bond acceptors (Lipinski definition) is 2. The van der Waals surface area contributed by atoms with Crippen molar-refractivity contribution < 1.29 is 5.11 Å². The van der Waals surface area contributed by atoms with Gasteiger partial charge in [0, 0.05) is 18.8 Å². The second kappa shape index (κ2) is 6.54. The maximum Gasteiger partial charge on any atom is 0.0715 e. The van der Waals surface area contributed by atoms with E-state index in [2.05, 4.69) is 49.9 Å². The molecule has 0 amide bonds. The molecule has 1 N–H and O–H groups in total. The molecule has 0 aromatic heterocycles. The summed E-state index contributed by atoms with van der Waals surface area (Å²) in [5.74, 6) is 0.